The number of benzene rings is 1. The van der Waals surface area contributed by atoms with Crippen LogP contribution in [-0.2, 0) is 12.6 Å². The highest BCUT2D eigenvalue weighted by molar-refractivity contribution is 5.28. The number of aliphatic hydroxyl groups excluding tert-OH is 1. The van der Waals surface area contributed by atoms with Crippen molar-refractivity contribution in [1.82, 2.24) is 0 Å². The molecule has 1 aromatic carbocycles. The zero-order chi connectivity index (χ0) is 11.6. The Morgan fingerprint density at radius 3 is 2.33 bits per heavy atom. The normalized spacial score (nSPS) is 11.5. The van der Waals surface area contributed by atoms with Crippen molar-refractivity contribution in [1.29, 1.82) is 0 Å². The zero-order valence-corrected chi connectivity index (χ0v) is 7.61. The van der Waals surface area contributed by atoms with Crippen LogP contribution in [0.5, 0.6) is 0 Å². The van der Waals surface area contributed by atoms with E-state index in [-0.39, 0.29) is 17.7 Å². The summed E-state index contributed by atoms with van der Waals surface area (Å²) in [7, 11) is 0. The molecule has 0 atom stereocenters. The lowest BCUT2D eigenvalue weighted by molar-refractivity contribution is -0.137. The van der Waals surface area contributed by atoms with Gasteiger partial charge in [-0.25, -0.2) is 4.39 Å². The molecule has 1 nitrogen and oxygen atoms in total. The molecular formula is C10H8F4O. The van der Waals surface area contributed by atoms with Crippen molar-refractivity contribution >= 4 is 0 Å². The lowest BCUT2D eigenvalue weighted by Gasteiger charge is -2.08. The van der Waals surface area contributed by atoms with Gasteiger partial charge in [0.25, 0.3) is 0 Å². The Morgan fingerprint density at radius 1 is 1.27 bits per heavy atom. The van der Waals surface area contributed by atoms with Crippen LogP contribution in [0.3, 0.4) is 0 Å². The second kappa shape index (κ2) is 3.92. The van der Waals surface area contributed by atoms with E-state index in [1.54, 1.807) is 0 Å². The van der Waals surface area contributed by atoms with Gasteiger partial charge in [0.05, 0.1) is 11.3 Å². The highest BCUT2D eigenvalue weighted by atomic mass is 19.4. The summed E-state index contributed by atoms with van der Waals surface area (Å²) < 4.78 is 49.5. The quantitative estimate of drug-likeness (QED) is 0.597. The largest absolute Gasteiger partial charge is 0.513 e. The van der Waals surface area contributed by atoms with Crippen LogP contribution < -0.4 is 0 Å². The predicted octanol–water partition coefficient (Wildman–Crippen LogP) is 3.46. The molecule has 0 fully saturated rings. The third kappa shape index (κ3) is 3.27. The molecule has 0 aliphatic heterocycles. The first-order chi connectivity index (χ1) is 6.79. The molecule has 0 saturated heterocycles. The van der Waals surface area contributed by atoms with Crippen molar-refractivity contribution in [2.75, 3.05) is 0 Å². The number of halogens is 4. The molecule has 1 N–H and O–H groups in total. The first-order valence-electron chi connectivity index (χ1n) is 4.02. The van der Waals surface area contributed by atoms with E-state index < -0.39 is 17.6 Å². The maximum absolute atomic E-state index is 12.8. The third-order valence-corrected chi connectivity index (χ3v) is 1.69. The molecule has 0 radical (unpaired) electrons. The van der Waals surface area contributed by atoms with Gasteiger partial charge in [-0.1, -0.05) is 6.58 Å². The second-order valence-corrected chi connectivity index (χ2v) is 3.09. The van der Waals surface area contributed by atoms with Gasteiger partial charge in [-0.3, -0.25) is 0 Å². The van der Waals surface area contributed by atoms with E-state index in [0.29, 0.717) is 6.07 Å². The molecule has 0 bridgehead atoms. The van der Waals surface area contributed by atoms with E-state index >= 15 is 0 Å². The van der Waals surface area contributed by atoms with Crippen LogP contribution in [0, 0.1) is 5.82 Å². The molecule has 0 saturated carbocycles. The number of rotatable bonds is 2. The summed E-state index contributed by atoms with van der Waals surface area (Å²) in [5.74, 6) is -1.30. The van der Waals surface area contributed by atoms with Crippen LogP contribution >= 0.6 is 0 Å². The monoisotopic (exact) mass is 220 g/mol. The van der Waals surface area contributed by atoms with Crippen molar-refractivity contribution in [3.63, 3.8) is 0 Å². The highest BCUT2D eigenvalue weighted by Gasteiger charge is 2.31. The Hall–Kier alpha value is -1.52. The maximum Gasteiger partial charge on any atom is 0.416 e. The summed E-state index contributed by atoms with van der Waals surface area (Å²) >= 11 is 0. The van der Waals surface area contributed by atoms with Crippen LogP contribution in [0.2, 0.25) is 0 Å². The summed E-state index contributed by atoms with van der Waals surface area (Å²) in [5.41, 5.74) is -1.03. The number of alkyl halides is 3. The van der Waals surface area contributed by atoms with Crippen LogP contribution in [0.1, 0.15) is 11.1 Å². The Kier molecular flexibility index (Phi) is 3.02. The van der Waals surface area contributed by atoms with Gasteiger partial charge in [-0.2, -0.15) is 13.2 Å². The lowest BCUT2D eigenvalue weighted by atomic mass is 10.1. The molecule has 0 aromatic heterocycles. The van der Waals surface area contributed by atoms with E-state index in [4.69, 9.17) is 5.11 Å². The van der Waals surface area contributed by atoms with Crippen molar-refractivity contribution in [3.8, 4) is 0 Å². The average molecular weight is 220 g/mol. The molecule has 1 rings (SSSR count). The third-order valence-electron chi connectivity index (χ3n) is 1.69. The number of hydrogen-bond donors (Lipinski definition) is 1. The lowest BCUT2D eigenvalue weighted by Crippen LogP contribution is -2.06. The number of aliphatic hydroxyl groups is 1. The minimum absolute atomic E-state index is 0.0369. The topological polar surface area (TPSA) is 20.2 Å². The van der Waals surface area contributed by atoms with Crippen molar-refractivity contribution in [3.05, 3.63) is 47.5 Å². The van der Waals surface area contributed by atoms with Crippen LogP contribution in [-0.4, -0.2) is 5.11 Å². The molecule has 0 unspecified atom stereocenters. The molecule has 5 heteroatoms. The van der Waals surface area contributed by atoms with E-state index in [1.165, 1.54) is 0 Å². The highest BCUT2D eigenvalue weighted by Crippen LogP contribution is 2.30. The molecular weight excluding hydrogens is 212 g/mol. The van der Waals surface area contributed by atoms with Crippen LogP contribution in [0.15, 0.2) is 30.5 Å². The Balaban J connectivity index is 3.11. The van der Waals surface area contributed by atoms with Gasteiger partial charge >= 0.3 is 6.18 Å². The van der Waals surface area contributed by atoms with E-state index in [0.717, 1.165) is 12.1 Å². The number of hydrogen-bond acceptors (Lipinski definition) is 1. The van der Waals surface area contributed by atoms with Gasteiger partial charge in [-0.15, -0.1) is 0 Å². The SMILES string of the molecule is C=C(O)Cc1cc(F)cc(C(F)(F)F)c1. The first kappa shape index (κ1) is 11.6. The number of allylic oxidation sites excluding steroid dienone is 1. The van der Waals surface area contributed by atoms with E-state index in [1.807, 2.05) is 0 Å². The van der Waals surface area contributed by atoms with Gasteiger partial charge in [0, 0.05) is 6.42 Å². The van der Waals surface area contributed by atoms with Gasteiger partial charge < -0.3 is 5.11 Å². The molecule has 82 valence electrons. The Labute approximate surface area is 83.7 Å². The first-order valence-corrected chi connectivity index (χ1v) is 4.02. The molecule has 0 amide bonds. The summed E-state index contributed by atoms with van der Waals surface area (Å²) in [6, 6.07) is 2.12. The Bertz CT molecular complexity index is 381. The van der Waals surface area contributed by atoms with E-state index in [9.17, 15) is 17.6 Å². The molecule has 15 heavy (non-hydrogen) atoms. The molecule has 1 aromatic rings. The summed E-state index contributed by atoms with van der Waals surface area (Å²) in [4.78, 5) is 0. The van der Waals surface area contributed by atoms with Crippen molar-refractivity contribution in [2.45, 2.75) is 12.6 Å². The zero-order valence-electron chi connectivity index (χ0n) is 7.61. The van der Waals surface area contributed by atoms with Gasteiger partial charge in [0.15, 0.2) is 0 Å². The fourth-order valence-corrected chi connectivity index (χ4v) is 1.15. The summed E-state index contributed by atoms with van der Waals surface area (Å²) in [6.07, 6.45) is -4.78. The maximum atomic E-state index is 12.8. The smallest absolute Gasteiger partial charge is 0.416 e. The predicted molar refractivity (Wildman–Crippen MR) is 46.9 cm³/mol. The van der Waals surface area contributed by atoms with Crippen LogP contribution in [0.4, 0.5) is 17.6 Å². The fourth-order valence-electron chi connectivity index (χ4n) is 1.15. The minimum atomic E-state index is -4.59. The van der Waals surface area contributed by atoms with Gasteiger partial charge in [-0.05, 0) is 23.8 Å². The standard InChI is InChI=1S/C10H8F4O/c1-6(15)2-7-3-8(10(12,13)14)5-9(11)4-7/h3-5,15H,1-2H2. The second-order valence-electron chi connectivity index (χ2n) is 3.09. The van der Waals surface area contributed by atoms with Gasteiger partial charge in [0.2, 0.25) is 0 Å². The van der Waals surface area contributed by atoms with E-state index in [2.05, 4.69) is 6.58 Å². The Morgan fingerprint density at radius 2 is 1.87 bits per heavy atom. The van der Waals surface area contributed by atoms with Gasteiger partial charge in [0.1, 0.15) is 5.82 Å². The van der Waals surface area contributed by atoms with Crippen molar-refractivity contribution in [2.24, 2.45) is 0 Å². The summed E-state index contributed by atoms with van der Waals surface area (Å²) in [5, 5.41) is 8.79. The molecule has 0 aliphatic carbocycles. The average Bonchev–Trinajstić information content (AvgIpc) is 1.99. The fraction of sp³-hybridized carbons (Fsp3) is 0.200. The molecule has 0 aliphatic rings. The molecule has 0 spiro atoms. The molecule has 0 heterocycles. The van der Waals surface area contributed by atoms with Crippen LogP contribution in [0.25, 0.3) is 0 Å². The summed E-state index contributed by atoms with van der Waals surface area (Å²) in [6.45, 7) is 3.12. The minimum Gasteiger partial charge on any atom is -0.513 e. The van der Waals surface area contributed by atoms with Crippen molar-refractivity contribution < 1.29 is 22.7 Å².